The maximum absolute atomic E-state index is 13.4. The molecule has 2 N–H and O–H groups in total. The molecule has 18 rings (SSSR count). The highest BCUT2D eigenvalue weighted by molar-refractivity contribution is 7.89. The molecule has 3 aliphatic rings. The molecule has 0 unspecified atom stereocenters. The summed E-state index contributed by atoms with van der Waals surface area (Å²) >= 11 is 0. The van der Waals surface area contributed by atoms with Crippen LogP contribution in [0.4, 0.5) is 26.3 Å². The van der Waals surface area contributed by atoms with Crippen molar-refractivity contribution in [1.82, 2.24) is 29.1 Å². The van der Waals surface area contributed by atoms with Gasteiger partial charge in [0.2, 0.25) is 15.9 Å². The van der Waals surface area contributed by atoms with E-state index in [2.05, 4.69) is 9.47 Å². The number of aromatic nitrogens is 6. The van der Waals surface area contributed by atoms with Crippen LogP contribution < -0.4 is 44.7 Å². The quantitative estimate of drug-likeness (QED) is 0.0617. The number of aryl methyl sites for hydroxylation is 3. The molecule has 6 aromatic heterocycles. The molecule has 708 valence electrons. The average molecular weight is 1890 g/mol. The Morgan fingerprint density at radius 1 is 0.453 bits per heavy atom. The summed E-state index contributed by atoms with van der Waals surface area (Å²) < 4.78 is 156. The number of nitrogens with two attached hydrogens (primary N) is 1. The highest BCUT2D eigenvalue weighted by atomic mass is 32.2. The highest BCUT2D eigenvalue weighted by Crippen LogP contribution is 2.51. The fourth-order valence-electron chi connectivity index (χ4n) is 18.2. The third kappa shape index (κ3) is 20.8. The number of ether oxygens (including phenoxy) is 9. The fourth-order valence-corrected chi connectivity index (χ4v) is 18.7. The zero-order chi connectivity index (χ0) is 98.0. The number of carbonyl (C=O) groups is 3. The molecule has 3 aliphatic heterocycles. The van der Waals surface area contributed by atoms with Gasteiger partial charge in [-0.25, -0.2) is 18.5 Å². The number of rotatable bonds is 22. The molecule has 0 bridgehead atoms. The van der Waals surface area contributed by atoms with Gasteiger partial charge in [0.15, 0.2) is 17.3 Å². The second kappa shape index (κ2) is 37.7. The molecule has 23 nitrogen and oxygen atoms in total. The fraction of sp³-hybridized carbons (Fsp3) is 0.299. The number of halogens is 6. The molecule has 0 aliphatic carbocycles. The van der Waals surface area contributed by atoms with Crippen molar-refractivity contribution in [2.24, 2.45) is 5.14 Å². The maximum Gasteiger partial charge on any atom is 0.573 e. The van der Waals surface area contributed by atoms with Crippen LogP contribution in [0.1, 0.15) is 168 Å². The zero-order valence-corrected chi connectivity index (χ0v) is 78.9. The molecule has 0 radical (unpaired) electrons. The highest BCUT2D eigenvalue weighted by Gasteiger charge is 2.39. The summed E-state index contributed by atoms with van der Waals surface area (Å²) in [4.78, 5) is 86.0. The molecule has 30 heteroatoms. The topological polar surface area (TPSA) is 290 Å². The van der Waals surface area contributed by atoms with Crippen molar-refractivity contribution in [1.29, 1.82) is 0 Å². The average Bonchev–Trinajstić information content (AvgIpc) is 0.730. The van der Waals surface area contributed by atoms with Gasteiger partial charge in [0, 0.05) is 111 Å². The number of Topliss-reactive ketones (excluding diaryl/α,β-unsaturated/α-hetero) is 3. The Morgan fingerprint density at radius 2 is 0.839 bits per heavy atom. The van der Waals surface area contributed by atoms with Crippen molar-refractivity contribution in [3.8, 4) is 68.0 Å². The van der Waals surface area contributed by atoms with Gasteiger partial charge >= 0.3 is 12.7 Å². The summed E-state index contributed by atoms with van der Waals surface area (Å²) in [5.41, 5.74) is 15.0. The maximum atomic E-state index is 13.4. The normalized spacial score (nSPS) is 13.9. The van der Waals surface area contributed by atoms with Crippen molar-refractivity contribution >= 4 is 92.8 Å². The van der Waals surface area contributed by atoms with Gasteiger partial charge in [-0.2, -0.15) is 0 Å². The predicted octanol–water partition coefficient (Wildman–Crippen LogP) is 22.1. The number of pyridine rings is 6. The number of alkyl halides is 6. The Bertz CT molecular complexity index is 7560. The Morgan fingerprint density at radius 3 is 1.24 bits per heavy atom. The minimum absolute atomic E-state index is 0.0351. The zero-order valence-electron chi connectivity index (χ0n) is 78.1. The Kier molecular flexibility index (Phi) is 26.5. The first kappa shape index (κ1) is 96.3. The number of ketones is 3. The van der Waals surface area contributed by atoms with Gasteiger partial charge in [0.25, 0.3) is 11.1 Å². The van der Waals surface area contributed by atoms with E-state index < -0.39 is 69.2 Å². The van der Waals surface area contributed by atoms with E-state index in [0.717, 1.165) is 101 Å². The second-order valence-corrected chi connectivity index (χ2v) is 38.8. The minimum Gasteiger partial charge on any atom is -0.493 e. The van der Waals surface area contributed by atoms with Crippen molar-refractivity contribution in [2.45, 2.75) is 196 Å². The molecule has 0 amide bonds. The van der Waals surface area contributed by atoms with Gasteiger partial charge in [-0.15, -0.1) is 26.3 Å². The first-order valence-electron chi connectivity index (χ1n) is 44.6. The molecular formula is C107H101F6N7O16S. The molecule has 137 heavy (non-hydrogen) atoms. The number of nitrogens with zero attached hydrogens (tertiary/aromatic N) is 6. The van der Waals surface area contributed by atoms with Crippen molar-refractivity contribution in [3.05, 3.63) is 288 Å². The van der Waals surface area contributed by atoms with E-state index in [4.69, 9.17) is 58.2 Å². The van der Waals surface area contributed by atoms with Gasteiger partial charge in [0.05, 0.1) is 87.7 Å². The van der Waals surface area contributed by atoms with Crippen LogP contribution in [0.2, 0.25) is 0 Å². The third-order valence-corrected chi connectivity index (χ3v) is 24.7. The lowest BCUT2D eigenvalue weighted by Crippen LogP contribution is -2.28. The summed E-state index contributed by atoms with van der Waals surface area (Å²) in [6.45, 7) is 29.1. The molecule has 0 spiro atoms. The largest absolute Gasteiger partial charge is 0.573 e. The van der Waals surface area contributed by atoms with Crippen LogP contribution in [0.25, 0.3) is 98.8 Å². The molecule has 9 heterocycles. The molecular weight excluding hydrogens is 1790 g/mol. The van der Waals surface area contributed by atoms with E-state index in [1.807, 2.05) is 162 Å². The van der Waals surface area contributed by atoms with Crippen LogP contribution >= 0.6 is 0 Å². The third-order valence-electron chi connectivity index (χ3n) is 23.8. The molecule has 0 saturated carbocycles. The number of benzene rings is 9. The van der Waals surface area contributed by atoms with Crippen LogP contribution in [0, 0.1) is 20.8 Å². The Labute approximate surface area is 785 Å². The van der Waals surface area contributed by atoms with Gasteiger partial charge in [0.1, 0.15) is 53.7 Å². The number of sulfonamides is 1. The SMILES string of the molecule is CC(=O)[C@@H](OC(C)(C)C)c1c(C)cc2c(ccc(=O)n2Cc2ccc(OC(F)(F)F)cc2)c1-c1ccc2c3c(ccnc13)CCO2.CC(=O)[C@@H](OC(C)(C)C)c1c(C)cc2c(ccc(=O)n2Cc2ccccc2OC(F)(F)F)c1-c1ccc2c3c(ccnc13)CCO2.CC(=O)[C@@H](OC(C)(C)C)c1c(C)cc2nc(OCc3ccc(S(N)(=O)=O)cc3)ccc2c1-c1ccc2c3c(ccnc13)CCO2. The number of carbonyl (C=O) groups excluding carboxylic acids is 3. The van der Waals surface area contributed by atoms with Gasteiger partial charge in [-0.3, -0.25) is 38.9 Å². The lowest BCUT2D eigenvalue weighted by molar-refractivity contribution is -0.275. The smallest absolute Gasteiger partial charge is 0.493 e. The summed E-state index contributed by atoms with van der Waals surface area (Å²) in [5, 5.41) is 10.1. The summed E-state index contributed by atoms with van der Waals surface area (Å²) in [7, 11) is -3.78. The second-order valence-electron chi connectivity index (χ2n) is 37.2. The molecule has 15 aromatic rings. The first-order valence-corrected chi connectivity index (χ1v) is 46.1. The molecule has 0 fully saturated rings. The van der Waals surface area contributed by atoms with Crippen LogP contribution in [-0.4, -0.2) is 104 Å². The van der Waals surface area contributed by atoms with E-state index in [1.165, 1.54) is 90.7 Å². The minimum atomic E-state index is -4.90. The molecule has 9 aromatic carbocycles. The van der Waals surface area contributed by atoms with Crippen molar-refractivity contribution in [3.63, 3.8) is 0 Å². The van der Waals surface area contributed by atoms with Crippen LogP contribution in [0.15, 0.2) is 215 Å². The van der Waals surface area contributed by atoms with Crippen molar-refractivity contribution in [2.75, 3.05) is 19.8 Å². The van der Waals surface area contributed by atoms with Crippen LogP contribution in [-0.2, 0) is 77.6 Å². The number of hydrogen-bond acceptors (Lipinski definition) is 20. The van der Waals surface area contributed by atoms with E-state index in [0.29, 0.717) is 115 Å². The van der Waals surface area contributed by atoms with E-state index >= 15 is 0 Å². The van der Waals surface area contributed by atoms with Crippen LogP contribution in [0.3, 0.4) is 0 Å². The van der Waals surface area contributed by atoms with Gasteiger partial charge < -0.3 is 51.8 Å². The number of fused-ring (bicyclic) bond motifs is 3. The summed E-state index contributed by atoms with van der Waals surface area (Å²) in [6.07, 6.45) is -4.84. The summed E-state index contributed by atoms with van der Waals surface area (Å²) in [5.74, 6) is 1.41. The number of hydrogen-bond donors (Lipinski definition) is 1. The van der Waals surface area contributed by atoms with Crippen LogP contribution in [0.5, 0.6) is 34.6 Å². The first-order chi connectivity index (χ1) is 64.7. The number of para-hydroxylation sites is 1. The lowest BCUT2D eigenvalue weighted by atomic mass is 9.85. The molecule has 0 saturated heterocycles. The lowest BCUT2D eigenvalue weighted by Gasteiger charge is -2.30. The van der Waals surface area contributed by atoms with Gasteiger partial charge in [-0.1, -0.05) is 42.5 Å². The van der Waals surface area contributed by atoms with Gasteiger partial charge in [-0.05, 0) is 303 Å². The Balaban J connectivity index is 0.000000149. The van der Waals surface area contributed by atoms with E-state index in [1.54, 1.807) is 66.3 Å². The van der Waals surface area contributed by atoms with E-state index in [9.17, 15) is 58.7 Å². The molecule has 3 atom stereocenters. The summed E-state index contributed by atoms with van der Waals surface area (Å²) in [6, 6.07) is 50.6. The standard InChI is InChI=1S/2C36H33F3N2O5.C35H35N3O6S/c1-20-18-27-25(11-13-29(43)41(27)19-22-6-8-24(9-7-22)45-36(37,38)39)32(30(20)34(21(2)42)46-35(3,4)5)26-10-12-28-31-23(15-17-44-28)14-16-40-33(26)31;1-20-18-26-24(11-13-29(43)41(26)19-23-8-6-7-9-27(23)45-36(37,38)39)32(30(20)34(21(2)42)46-35(3,4)5)25-10-12-28-31-22(15-17-44-28)14-16-40-33(25)31;1-20-18-27-25(11-13-29(38-27)43-19-22-6-8-24(9-7-22)45(36,40)41)32(30(20)34(21(2)39)44-35(3,4)5)26-10-12-28-31-23(15-17-42-28)14-16-37-33(26)31/h2*6-14,16,18,34H,15,17,19H2,1-5H3;6-14,16,18,34H,15,17,19H2,1-5H3,(H2,36,40,41)/t3*34-/m111/s1. The van der Waals surface area contributed by atoms with Crippen molar-refractivity contribution < 1.29 is 91.8 Å². The monoisotopic (exact) mass is 1890 g/mol. The predicted molar refractivity (Wildman–Crippen MR) is 512 cm³/mol. The van der Waals surface area contributed by atoms with E-state index in [-0.39, 0.29) is 58.8 Å². The number of primary sulfonamides is 1. The Hall–Kier alpha value is -13.8.